The number of carbonyl (C=O) groups excluding carboxylic acids is 2. The van der Waals surface area contributed by atoms with Crippen molar-refractivity contribution in [2.75, 3.05) is 37.7 Å². The van der Waals surface area contributed by atoms with Crippen LogP contribution in [-0.4, -0.2) is 54.3 Å². The molecule has 2 aliphatic heterocycles. The predicted octanol–water partition coefficient (Wildman–Crippen LogP) is 4.81. The van der Waals surface area contributed by atoms with Crippen LogP contribution in [0.2, 0.25) is 5.02 Å². The number of para-hydroxylation sites is 1. The topological polar surface area (TPSA) is 49.9 Å². The Bertz CT molecular complexity index is 962. The molecule has 0 bridgehead atoms. The first kappa shape index (κ1) is 23.1. The zero-order chi connectivity index (χ0) is 22.6. The Kier molecular flexibility index (Phi) is 7.44. The summed E-state index contributed by atoms with van der Waals surface area (Å²) < 4.78 is 4.10. The number of carbonyl (C=O) groups is 2. The number of rotatable bonds is 7. The third kappa shape index (κ3) is 4.82. The van der Waals surface area contributed by atoms with Gasteiger partial charge in [0.15, 0.2) is 0 Å². The fourth-order valence-corrected chi connectivity index (χ4v) is 5.93. The molecule has 0 N–H and O–H groups in total. The minimum Gasteiger partial charge on any atom is -0.465 e. The molecule has 1 amide bonds. The van der Waals surface area contributed by atoms with Gasteiger partial charge in [-0.1, -0.05) is 54.0 Å². The van der Waals surface area contributed by atoms with Gasteiger partial charge in [-0.2, -0.15) is 0 Å². The number of halogens is 1. The van der Waals surface area contributed by atoms with Crippen molar-refractivity contribution in [2.45, 2.75) is 42.2 Å². The number of hydrogen-bond donors (Lipinski definition) is 0. The maximum Gasteiger partial charge on any atom is 0.332 e. The largest absolute Gasteiger partial charge is 0.465 e. The smallest absolute Gasteiger partial charge is 0.332 e. The lowest BCUT2D eigenvalue weighted by molar-refractivity contribution is -0.149. The fraction of sp³-hybridized carbons (Fsp3) is 0.440. The summed E-state index contributed by atoms with van der Waals surface area (Å²) in [7, 11) is 0. The summed E-state index contributed by atoms with van der Waals surface area (Å²) in [6.07, 6.45) is 3.92. The fourth-order valence-electron chi connectivity index (χ4n) is 4.42. The molecular weight excluding hydrogens is 444 g/mol. The van der Waals surface area contributed by atoms with Gasteiger partial charge in [0.2, 0.25) is 4.75 Å². The van der Waals surface area contributed by atoms with Gasteiger partial charge in [0.05, 0.1) is 12.3 Å². The van der Waals surface area contributed by atoms with Crippen molar-refractivity contribution in [1.82, 2.24) is 4.90 Å². The van der Waals surface area contributed by atoms with Crippen molar-refractivity contribution in [3.05, 3.63) is 59.1 Å². The van der Waals surface area contributed by atoms with E-state index in [2.05, 4.69) is 4.90 Å². The van der Waals surface area contributed by atoms with Crippen LogP contribution in [0.1, 0.15) is 31.7 Å². The lowest BCUT2D eigenvalue weighted by Crippen LogP contribution is -2.57. The van der Waals surface area contributed by atoms with Crippen LogP contribution >= 0.6 is 23.4 Å². The van der Waals surface area contributed by atoms with E-state index in [4.69, 9.17) is 16.3 Å². The van der Waals surface area contributed by atoms with Crippen LogP contribution in [0.3, 0.4) is 0 Å². The molecule has 2 aliphatic rings. The summed E-state index contributed by atoms with van der Waals surface area (Å²) in [5.41, 5.74) is 1.74. The Morgan fingerprint density at radius 3 is 2.50 bits per heavy atom. The Balaban J connectivity index is 1.69. The first-order valence-corrected chi connectivity index (χ1v) is 12.5. The van der Waals surface area contributed by atoms with Crippen LogP contribution < -0.4 is 4.90 Å². The molecular formula is C25H29ClN2O3S. The van der Waals surface area contributed by atoms with Gasteiger partial charge in [-0.3, -0.25) is 4.79 Å². The van der Waals surface area contributed by atoms with Crippen LogP contribution in [-0.2, 0) is 20.7 Å². The molecule has 7 heteroatoms. The van der Waals surface area contributed by atoms with E-state index >= 15 is 0 Å². The van der Waals surface area contributed by atoms with E-state index in [1.165, 1.54) is 31.0 Å². The van der Waals surface area contributed by atoms with E-state index in [1.54, 1.807) is 24.0 Å². The minimum atomic E-state index is -1.36. The summed E-state index contributed by atoms with van der Waals surface area (Å²) in [4.78, 5) is 32.5. The van der Waals surface area contributed by atoms with E-state index in [0.717, 1.165) is 35.8 Å². The molecule has 4 rings (SSSR count). The first-order valence-electron chi connectivity index (χ1n) is 11.3. The number of esters is 1. The van der Waals surface area contributed by atoms with Crippen molar-refractivity contribution in [2.24, 2.45) is 0 Å². The number of nitrogens with zero attached hydrogens (tertiary/aromatic N) is 2. The maximum atomic E-state index is 14.0. The normalized spacial score (nSPS) is 21.3. The highest BCUT2D eigenvalue weighted by molar-refractivity contribution is 8.02. The molecule has 0 aliphatic carbocycles. The zero-order valence-electron chi connectivity index (χ0n) is 18.4. The summed E-state index contributed by atoms with van der Waals surface area (Å²) in [5.74, 6) is -0.686. The molecule has 170 valence electrons. The summed E-state index contributed by atoms with van der Waals surface area (Å²) in [6, 6.07) is 15.2. The number of piperidine rings is 1. The van der Waals surface area contributed by atoms with Crippen LogP contribution in [0.25, 0.3) is 0 Å². The number of fused-ring (bicyclic) bond motifs is 1. The number of anilines is 1. The SMILES string of the molecule is CCOC(=O)C1(Cc2ccc(Cl)cc2)Sc2ccccc2N(CCN2CCCCC2)C1=O. The number of thioether (sulfide) groups is 1. The van der Waals surface area contributed by atoms with Gasteiger partial charge in [0.1, 0.15) is 0 Å². The summed E-state index contributed by atoms with van der Waals surface area (Å²) >= 11 is 7.37. The molecule has 1 fully saturated rings. The van der Waals surface area contributed by atoms with Gasteiger partial charge < -0.3 is 14.5 Å². The van der Waals surface area contributed by atoms with Gasteiger partial charge in [-0.05, 0) is 62.7 Å². The average molecular weight is 473 g/mol. The molecule has 0 spiro atoms. The summed E-state index contributed by atoms with van der Waals surface area (Å²) in [6.45, 7) is 5.47. The van der Waals surface area contributed by atoms with Gasteiger partial charge >= 0.3 is 5.97 Å². The lowest BCUT2D eigenvalue weighted by Gasteiger charge is -2.41. The highest BCUT2D eigenvalue weighted by Crippen LogP contribution is 2.47. The Morgan fingerprint density at radius 1 is 1.06 bits per heavy atom. The highest BCUT2D eigenvalue weighted by Gasteiger charge is 2.54. The molecule has 2 aromatic carbocycles. The molecule has 2 heterocycles. The zero-order valence-corrected chi connectivity index (χ0v) is 20.0. The lowest BCUT2D eigenvalue weighted by atomic mass is 9.95. The van der Waals surface area contributed by atoms with Crippen molar-refractivity contribution in [3.8, 4) is 0 Å². The third-order valence-corrected chi connectivity index (χ3v) is 7.74. The monoisotopic (exact) mass is 472 g/mol. The molecule has 0 aromatic heterocycles. The van der Waals surface area contributed by atoms with Crippen LogP contribution in [0.4, 0.5) is 5.69 Å². The van der Waals surface area contributed by atoms with Crippen LogP contribution in [0.5, 0.6) is 0 Å². The van der Waals surface area contributed by atoms with E-state index in [-0.39, 0.29) is 18.9 Å². The highest BCUT2D eigenvalue weighted by atomic mass is 35.5. The molecule has 1 atom stereocenters. The van der Waals surface area contributed by atoms with E-state index in [0.29, 0.717) is 11.6 Å². The summed E-state index contributed by atoms with van der Waals surface area (Å²) in [5, 5.41) is 0.620. The second-order valence-corrected chi connectivity index (χ2v) is 10.1. The van der Waals surface area contributed by atoms with Gasteiger partial charge in [-0.15, -0.1) is 0 Å². The minimum absolute atomic E-state index is 0.202. The Labute approximate surface area is 199 Å². The first-order chi connectivity index (χ1) is 15.5. The van der Waals surface area contributed by atoms with Crippen molar-refractivity contribution < 1.29 is 14.3 Å². The molecule has 5 nitrogen and oxygen atoms in total. The molecule has 0 radical (unpaired) electrons. The van der Waals surface area contributed by atoms with Gasteiger partial charge in [0, 0.05) is 29.4 Å². The Hall–Kier alpha value is -2.02. The third-order valence-electron chi connectivity index (χ3n) is 6.09. The number of hydrogen-bond acceptors (Lipinski definition) is 5. The van der Waals surface area contributed by atoms with Crippen molar-refractivity contribution in [3.63, 3.8) is 0 Å². The van der Waals surface area contributed by atoms with E-state index in [9.17, 15) is 9.59 Å². The molecule has 0 saturated carbocycles. The number of amides is 1. The quantitative estimate of drug-likeness (QED) is 0.427. The standard InChI is InChI=1S/C25H29ClN2O3S/c1-2-31-24(30)25(18-19-10-12-20(26)13-11-19)23(29)28(17-16-27-14-6-3-7-15-27)21-8-4-5-9-22(21)32-25/h4-5,8-13H,2-3,6-7,14-18H2,1H3. The molecule has 32 heavy (non-hydrogen) atoms. The maximum absolute atomic E-state index is 14.0. The molecule has 1 saturated heterocycles. The van der Waals surface area contributed by atoms with Crippen molar-refractivity contribution in [1.29, 1.82) is 0 Å². The van der Waals surface area contributed by atoms with Crippen LogP contribution in [0, 0.1) is 0 Å². The van der Waals surface area contributed by atoms with E-state index < -0.39 is 10.7 Å². The van der Waals surface area contributed by atoms with Gasteiger partial charge in [-0.25, -0.2) is 4.79 Å². The predicted molar refractivity (Wildman–Crippen MR) is 129 cm³/mol. The second kappa shape index (κ2) is 10.3. The molecule has 1 unspecified atom stereocenters. The number of benzene rings is 2. The molecule has 2 aromatic rings. The van der Waals surface area contributed by atoms with Crippen LogP contribution in [0.15, 0.2) is 53.4 Å². The van der Waals surface area contributed by atoms with Crippen molar-refractivity contribution >= 4 is 40.9 Å². The average Bonchev–Trinajstić information content (AvgIpc) is 2.81. The Morgan fingerprint density at radius 2 is 1.78 bits per heavy atom. The van der Waals surface area contributed by atoms with Gasteiger partial charge in [0.25, 0.3) is 5.91 Å². The van der Waals surface area contributed by atoms with E-state index in [1.807, 2.05) is 36.4 Å². The number of ether oxygens (including phenoxy) is 1. The number of likely N-dealkylation sites (tertiary alicyclic amines) is 1. The second-order valence-electron chi connectivity index (χ2n) is 8.28.